The summed E-state index contributed by atoms with van der Waals surface area (Å²) in [4.78, 5) is 4.77. The second-order valence-electron chi connectivity index (χ2n) is 5.50. The van der Waals surface area contributed by atoms with Crippen LogP contribution in [0.1, 0.15) is 30.8 Å². The van der Waals surface area contributed by atoms with Crippen molar-refractivity contribution in [3.8, 4) is 0 Å². The molecule has 4 nitrogen and oxygen atoms in total. The SMILES string of the molecule is NC1CCc2nc(CC3CCNCC3)cn2C1. The van der Waals surface area contributed by atoms with Crippen LogP contribution in [-0.4, -0.2) is 28.7 Å². The molecule has 2 aliphatic rings. The van der Waals surface area contributed by atoms with E-state index < -0.39 is 0 Å². The van der Waals surface area contributed by atoms with Crippen LogP contribution >= 0.6 is 0 Å². The van der Waals surface area contributed by atoms with E-state index in [1.807, 2.05) is 0 Å². The first-order valence-electron chi connectivity index (χ1n) is 6.82. The summed E-state index contributed by atoms with van der Waals surface area (Å²) in [5.74, 6) is 2.07. The molecule has 1 aromatic rings. The third-order valence-corrected chi connectivity index (χ3v) is 4.04. The topological polar surface area (TPSA) is 55.9 Å². The molecule has 0 amide bonds. The van der Waals surface area contributed by atoms with E-state index in [1.165, 1.54) is 37.4 Å². The number of nitrogens with two attached hydrogens (primary N) is 1. The van der Waals surface area contributed by atoms with Crippen LogP contribution in [0.3, 0.4) is 0 Å². The van der Waals surface area contributed by atoms with E-state index in [9.17, 15) is 0 Å². The van der Waals surface area contributed by atoms with Crippen LogP contribution < -0.4 is 11.1 Å². The molecule has 1 saturated heterocycles. The van der Waals surface area contributed by atoms with Crippen LogP contribution in [0.4, 0.5) is 0 Å². The fraction of sp³-hybridized carbons (Fsp3) is 0.769. The summed E-state index contributed by atoms with van der Waals surface area (Å²) in [6, 6.07) is 0.323. The van der Waals surface area contributed by atoms with Gasteiger partial charge in [0.1, 0.15) is 5.82 Å². The third kappa shape index (κ3) is 2.53. The predicted octanol–water partition coefficient (Wildman–Crippen LogP) is 0.699. The quantitative estimate of drug-likeness (QED) is 0.792. The van der Waals surface area contributed by atoms with E-state index in [0.717, 1.165) is 31.7 Å². The lowest BCUT2D eigenvalue weighted by molar-refractivity contribution is 0.370. The van der Waals surface area contributed by atoms with E-state index >= 15 is 0 Å². The van der Waals surface area contributed by atoms with Crippen LogP contribution in [0.2, 0.25) is 0 Å². The summed E-state index contributed by atoms with van der Waals surface area (Å²) in [6.45, 7) is 3.29. The molecular weight excluding hydrogens is 212 g/mol. The van der Waals surface area contributed by atoms with E-state index in [4.69, 9.17) is 10.7 Å². The molecule has 1 aromatic heterocycles. The van der Waals surface area contributed by atoms with Gasteiger partial charge in [0.2, 0.25) is 0 Å². The smallest absolute Gasteiger partial charge is 0.109 e. The van der Waals surface area contributed by atoms with Crippen molar-refractivity contribution >= 4 is 0 Å². The molecule has 3 heterocycles. The van der Waals surface area contributed by atoms with E-state index in [1.54, 1.807) is 0 Å². The molecule has 0 spiro atoms. The molecule has 1 unspecified atom stereocenters. The highest BCUT2D eigenvalue weighted by Gasteiger charge is 2.20. The second-order valence-corrected chi connectivity index (χ2v) is 5.50. The normalized spacial score (nSPS) is 25.8. The molecule has 0 saturated carbocycles. The average Bonchev–Trinajstić information content (AvgIpc) is 2.71. The van der Waals surface area contributed by atoms with E-state index in [-0.39, 0.29) is 0 Å². The number of nitrogens with zero attached hydrogens (tertiary/aromatic N) is 2. The molecule has 0 aromatic carbocycles. The van der Waals surface area contributed by atoms with Crippen molar-refractivity contribution in [1.82, 2.24) is 14.9 Å². The number of hydrogen-bond acceptors (Lipinski definition) is 3. The monoisotopic (exact) mass is 234 g/mol. The molecule has 3 N–H and O–H groups in total. The van der Waals surface area contributed by atoms with Gasteiger partial charge in [0.15, 0.2) is 0 Å². The highest BCUT2D eigenvalue weighted by Crippen LogP contribution is 2.20. The molecule has 17 heavy (non-hydrogen) atoms. The Morgan fingerprint density at radius 3 is 3.00 bits per heavy atom. The zero-order chi connectivity index (χ0) is 11.7. The van der Waals surface area contributed by atoms with Crippen molar-refractivity contribution in [1.29, 1.82) is 0 Å². The minimum absolute atomic E-state index is 0.323. The second kappa shape index (κ2) is 4.78. The lowest BCUT2D eigenvalue weighted by atomic mass is 9.93. The summed E-state index contributed by atoms with van der Waals surface area (Å²) in [7, 11) is 0. The number of nitrogens with one attached hydrogen (secondary N) is 1. The standard InChI is InChI=1S/C13H22N4/c14-11-1-2-13-16-12(9-17(13)8-11)7-10-3-5-15-6-4-10/h9-11,15H,1-8,14H2. The molecule has 0 bridgehead atoms. The Morgan fingerprint density at radius 1 is 1.35 bits per heavy atom. The van der Waals surface area contributed by atoms with Gasteiger partial charge in [-0.2, -0.15) is 0 Å². The zero-order valence-electron chi connectivity index (χ0n) is 10.4. The van der Waals surface area contributed by atoms with Crippen LogP contribution in [0.25, 0.3) is 0 Å². The lowest BCUT2D eigenvalue weighted by Gasteiger charge is -2.21. The summed E-state index contributed by atoms with van der Waals surface area (Å²) in [5, 5.41) is 3.41. The van der Waals surface area contributed by atoms with Gasteiger partial charge in [-0.25, -0.2) is 4.98 Å². The van der Waals surface area contributed by atoms with E-state index in [0.29, 0.717) is 6.04 Å². The lowest BCUT2D eigenvalue weighted by Crippen LogP contribution is -2.31. The average molecular weight is 234 g/mol. The highest BCUT2D eigenvalue weighted by molar-refractivity contribution is 5.08. The third-order valence-electron chi connectivity index (χ3n) is 4.04. The minimum atomic E-state index is 0.323. The maximum absolute atomic E-state index is 5.99. The Kier molecular flexibility index (Phi) is 3.16. The highest BCUT2D eigenvalue weighted by atomic mass is 15.1. The van der Waals surface area contributed by atoms with Gasteiger partial charge in [-0.1, -0.05) is 0 Å². The van der Waals surface area contributed by atoms with Crippen molar-refractivity contribution < 1.29 is 0 Å². The molecule has 2 aliphatic heterocycles. The fourth-order valence-corrected chi connectivity index (χ4v) is 3.01. The summed E-state index contributed by atoms with van der Waals surface area (Å²) in [6.07, 6.45) is 8.11. The van der Waals surface area contributed by atoms with Crippen molar-refractivity contribution in [3.05, 3.63) is 17.7 Å². The van der Waals surface area contributed by atoms with Crippen molar-refractivity contribution in [3.63, 3.8) is 0 Å². The Hall–Kier alpha value is -0.870. The molecule has 0 radical (unpaired) electrons. The van der Waals surface area contributed by atoms with Gasteiger partial charge in [-0.05, 0) is 44.7 Å². The van der Waals surface area contributed by atoms with Crippen LogP contribution in [0.15, 0.2) is 6.20 Å². The van der Waals surface area contributed by atoms with Gasteiger partial charge in [0, 0.05) is 25.2 Å². The van der Waals surface area contributed by atoms with Crippen LogP contribution in [0, 0.1) is 5.92 Å². The summed E-state index contributed by atoms with van der Waals surface area (Å²) < 4.78 is 2.27. The number of aryl methyl sites for hydroxylation is 1. The zero-order valence-corrected chi connectivity index (χ0v) is 10.4. The Labute approximate surface area is 103 Å². The van der Waals surface area contributed by atoms with Gasteiger partial charge in [0.05, 0.1) is 5.69 Å². The first-order valence-corrected chi connectivity index (χ1v) is 6.82. The Morgan fingerprint density at radius 2 is 2.18 bits per heavy atom. The van der Waals surface area contributed by atoms with E-state index in [2.05, 4.69) is 16.1 Å². The molecule has 1 atom stereocenters. The van der Waals surface area contributed by atoms with Gasteiger partial charge in [0.25, 0.3) is 0 Å². The number of fused-ring (bicyclic) bond motifs is 1. The minimum Gasteiger partial charge on any atom is -0.333 e. The molecule has 3 rings (SSSR count). The molecule has 0 aliphatic carbocycles. The first-order chi connectivity index (χ1) is 8.31. The largest absolute Gasteiger partial charge is 0.333 e. The van der Waals surface area contributed by atoms with Crippen molar-refractivity contribution in [2.24, 2.45) is 11.7 Å². The predicted molar refractivity (Wildman–Crippen MR) is 67.8 cm³/mol. The van der Waals surface area contributed by atoms with Gasteiger partial charge in [-0.15, -0.1) is 0 Å². The molecule has 94 valence electrons. The summed E-state index contributed by atoms with van der Waals surface area (Å²) in [5.41, 5.74) is 7.26. The van der Waals surface area contributed by atoms with Crippen molar-refractivity contribution in [2.45, 2.75) is 44.7 Å². The number of rotatable bonds is 2. The van der Waals surface area contributed by atoms with Gasteiger partial charge < -0.3 is 15.6 Å². The fourth-order valence-electron chi connectivity index (χ4n) is 3.01. The summed E-state index contributed by atoms with van der Waals surface area (Å²) >= 11 is 0. The maximum Gasteiger partial charge on any atom is 0.109 e. The van der Waals surface area contributed by atoms with Gasteiger partial charge >= 0.3 is 0 Å². The van der Waals surface area contributed by atoms with Gasteiger partial charge in [-0.3, -0.25) is 0 Å². The molecule has 1 fully saturated rings. The van der Waals surface area contributed by atoms with Crippen molar-refractivity contribution in [2.75, 3.05) is 13.1 Å². The van der Waals surface area contributed by atoms with Crippen LogP contribution in [0.5, 0.6) is 0 Å². The Balaban J connectivity index is 1.67. The van der Waals surface area contributed by atoms with Crippen LogP contribution in [-0.2, 0) is 19.4 Å². The number of hydrogen-bond donors (Lipinski definition) is 2. The first kappa shape index (κ1) is 11.2. The number of aromatic nitrogens is 2. The maximum atomic E-state index is 5.99. The molecule has 4 heteroatoms. The Bertz CT molecular complexity index is 379. The number of imidazole rings is 1. The molecular formula is C13H22N4. The number of piperidine rings is 1.